The fourth-order valence-electron chi connectivity index (χ4n) is 2.20. The molecule has 2 rings (SSSR count). The van der Waals surface area contributed by atoms with Gasteiger partial charge in [0.05, 0.1) is 15.8 Å². The third kappa shape index (κ3) is 2.42. The van der Waals surface area contributed by atoms with Crippen LogP contribution in [0.2, 0.25) is 0 Å². The lowest BCUT2D eigenvalue weighted by atomic mass is 10.1. The molecule has 1 N–H and O–H groups in total. The van der Waals surface area contributed by atoms with Gasteiger partial charge in [-0.2, -0.15) is 0 Å². The minimum atomic E-state index is -0.968. The van der Waals surface area contributed by atoms with Gasteiger partial charge in [-0.3, -0.25) is 4.79 Å². The van der Waals surface area contributed by atoms with Crippen LogP contribution in [-0.2, 0) is 13.0 Å². The van der Waals surface area contributed by atoms with Gasteiger partial charge < -0.3 is 9.67 Å². The Labute approximate surface area is 115 Å². The Bertz CT molecular complexity index is 669. The third-order valence-electron chi connectivity index (χ3n) is 3.24. The lowest BCUT2D eigenvalue weighted by molar-refractivity contribution is 0.0699. The summed E-state index contributed by atoms with van der Waals surface area (Å²) < 4.78 is 2.54. The molecule has 102 valence electrons. The second-order valence-corrected chi connectivity index (χ2v) is 5.38. The molecule has 2 aromatic rings. The first-order chi connectivity index (χ1) is 9.10. The molecule has 4 nitrogen and oxygen atoms in total. The number of unbranched alkanes of at least 4 members (excludes halogenated alkanes) is 1. The number of carboxylic acid groups (broad SMARTS) is 1. The lowest BCUT2D eigenvalue weighted by Gasteiger charge is -2.10. The molecule has 0 fully saturated rings. The molecule has 0 spiro atoms. The van der Waals surface area contributed by atoms with Crippen molar-refractivity contribution < 1.29 is 9.90 Å². The predicted octanol–water partition coefficient (Wildman–Crippen LogP) is 3.12. The fourth-order valence-corrected chi connectivity index (χ4v) is 3.34. The van der Waals surface area contributed by atoms with Crippen LogP contribution >= 0.6 is 11.3 Å². The van der Waals surface area contributed by atoms with Crippen LogP contribution in [0.15, 0.2) is 16.2 Å². The highest BCUT2D eigenvalue weighted by atomic mass is 32.1. The molecule has 0 aliphatic rings. The molecular formula is C14H17NO3S. The molecule has 0 radical (unpaired) electrons. The van der Waals surface area contributed by atoms with Crippen molar-refractivity contribution in [2.45, 2.75) is 39.7 Å². The summed E-state index contributed by atoms with van der Waals surface area (Å²) in [6.07, 6.45) is 2.57. The number of aromatic nitrogens is 1. The van der Waals surface area contributed by atoms with Crippen LogP contribution in [0.1, 0.15) is 42.6 Å². The molecule has 0 unspecified atom stereocenters. The maximum Gasteiger partial charge on any atom is 0.338 e. The minimum absolute atomic E-state index is 0.0984. The maximum atomic E-state index is 12.2. The monoisotopic (exact) mass is 279 g/mol. The van der Waals surface area contributed by atoms with E-state index in [0.29, 0.717) is 12.1 Å². The van der Waals surface area contributed by atoms with E-state index < -0.39 is 5.97 Å². The van der Waals surface area contributed by atoms with Crippen molar-refractivity contribution in [3.05, 3.63) is 32.9 Å². The van der Waals surface area contributed by atoms with Crippen LogP contribution in [-0.4, -0.2) is 15.6 Å². The third-order valence-corrected chi connectivity index (χ3v) is 4.28. The number of carbonyl (C=O) groups is 1. The molecule has 2 aromatic heterocycles. The number of aryl methyl sites for hydroxylation is 2. The van der Waals surface area contributed by atoms with E-state index in [2.05, 4.69) is 0 Å². The Morgan fingerprint density at radius 1 is 1.42 bits per heavy atom. The summed E-state index contributed by atoms with van der Waals surface area (Å²) >= 11 is 1.41. The van der Waals surface area contributed by atoms with Gasteiger partial charge in [-0.25, -0.2) is 4.79 Å². The summed E-state index contributed by atoms with van der Waals surface area (Å²) in [5, 5.41) is 10.9. The van der Waals surface area contributed by atoms with Crippen LogP contribution in [0.25, 0.3) is 10.2 Å². The highest BCUT2D eigenvalue weighted by Crippen LogP contribution is 2.28. The molecule has 19 heavy (non-hydrogen) atoms. The molecule has 0 aliphatic heterocycles. The maximum absolute atomic E-state index is 12.2. The highest BCUT2D eigenvalue weighted by Gasteiger charge is 2.17. The second kappa shape index (κ2) is 5.57. The summed E-state index contributed by atoms with van der Waals surface area (Å²) in [4.78, 5) is 23.5. The first-order valence-electron chi connectivity index (χ1n) is 6.47. The molecule has 2 heterocycles. The summed E-state index contributed by atoms with van der Waals surface area (Å²) in [6, 6.07) is 1.64. The van der Waals surface area contributed by atoms with Gasteiger partial charge in [-0.15, -0.1) is 11.3 Å². The lowest BCUT2D eigenvalue weighted by Crippen LogP contribution is -2.21. The number of carboxylic acids is 1. The van der Waals surface area contributed by atoms with Gasteiger partial charge in [0.1, 0.15) is 0 Å². The van der Waals surface area contributed by atoms with E-state index in [1.165, 1.54) is 11.3 Å². The van der Waals surface area contributed by atoms with Crippen molar-refractivity contribution in [3.63, 3.8) is 0 Å². The number of thiophene rings is 1. The van der Waals surface area contributed by atoms with Crippen LogP contribution in [0.4, 0.5) is 0 Å². The summed E-state index contributed by atoms with van der Waals surface area (Å²) in [7, 11) is 0. The Morgan fingerprint density at radius 2 is 2.16 bits per heavy atom. The molecule has 0 bridgehead atoms. The normalized spacial score (nSPS) is 11.1. The van der Waals surface area contributed by atoms with Gasteiger partial charge in [0.25, 0.3) is 5.56 Å². The van der Waals surface area contributed by atoms with Crippen molar-refractivity contribution >= 4 is 27.5 Å². The number of hydrogen-bond acceptors (Lipinski definition) is 3. The second-order valence-electron chi connectivity index (χ2n) is 4.50. The zero-order valence-corrected chi connectivity index (χ0v) is 11.9. The summed E-state index contributed by atoms with van der Waals surface area (Å²) in [5.74, 6) is -0.968. The van der Waals surface area contributed by atoms with Gasteiger partial charge in [0, 0.05) is 18.0 Å². The van der Waals surface area contributed by atoms with Crippen molar-refractivity contribution in [2.75, 3.05) is 0 Å². The molecular weight excluding hydrogens is 262 g/mol. The average Bonchev–Trinajstić information content (AvgIpc) is 2.81. The molecule has 0 aliphatic carbocycles. The van der Waals surface area contributed by atoms with Crippen LogP contribution in [0.3, 0.4) is 0 Å². The van der Waals surface area contributed by atoms with E-state index in [-0.39, 0.29) is 11.1 Å². The van der Waals surface area contributed by atoms with Gasteiger partial charge in [0.15, 0.2) is 0 Å². The average molecular weight is 279 g/mol. The summed E-state index contributed by atoms with van der Waals surface area (Å²) in [5.41, 5.74) is 1.67. The molecule has 0 aromatic carbocycles. The minimum Gasteiger partial charge on any atom is -0.478 e. The highest BCUT2D eigenvalue weighted by molar-refractivity contribution is 7.17. The first kappa shape index (κ1) is 13.8. The van der Waals surface area contributed by atoms with E-state index >= 15 is 0 Å². The topological polar surface area (TPSA) is 59.3 Å². The van der Waals surface area contributed by atoms with Crippen molar-refractivity contribution in [2.24, 2.45) is 0 Å². The molecule has 0 saturated heterocycles. The Balaban J connectivity index is 2.77. The van der Waals surface area contributed by atoms with Gasteiger partial charge in [-0.1, -0.05) is 20.3 Å². The first-order valence-corrected chi connectivity index (χ1v) is 7.35. The Morgan fingerprint density at radius 3 is 2.74 bits per heavy atom. The molecule has 0 atom stereocenters. The number of fused-ring (bicyclic) bond motifs is 1. The molecule has 0 saturated carbocycles. The van der Waals surface area contributed by atoms with Gasteiger partial charge in [-0.05, 0) is 18.4 Å². The number of hydrogen-bond donors (Lipinski definition) is 1. The Kier molecular flexibility index (Phi) is 4.04. The van der Waals surface area contributed by atoms with Crippen molar-refractivity contribution in [1.29, 1.82) is 0 Å². The SMILES string of the molecule is CCCCn1c(=O)cc(CC)c2scc(C(=O)O)c21. The summed E-state index contributed by atoms with van der Waals surface area (Å²) in [6.45, 7) is 4.60. The van der Waals surface area contributed by atoms with E-state index in [4.69, 9.17) is 0 Å². The van der Waals surface area contributed by atoms with E-state index in [9.17, 15) is 14.7 Å². The van der Waals surface area contributed by atoms with E-state index in [1.807, 2.05) is 13.8 Å². The zero-order valence-electron chi connectivity index (χ0n) is 11.1. The number of rotatable bonds is 5. The largest absolute Gasteiger partial charge is 0.478 e. The number of aromatic carboxylic acids is 1. The number of nitrogens with zero attached hydrogens (tertiary/aromatic N) is 1. The van der Waals surface area contributed by atoms with Gasteiger partial charge >= 0.3 is 5.97 Å². The van der Waals surface area contributed by atoms with E-state index in [1.54, 1.807) is 16.0 Å². The smallest absolute Gasteiger partial charge is 0.338 e. The van der Waals surface area contributed by atoms with Crippen LogP contribution < -0.4 is 5.56 Å². The predicted molar refractivity (Wildman–Crippen MR) is 77.3 cm³/mol. The van der Waals surface area contributed by atoms with Crippen LogP contribution in [0, 0.1) is 0 Å². The van der Waals surface area contributed by atoms with Crippen molar-refractivity contribution in [3.8, 4) is 0 Å². The standard InChI is InChI=1S/C14H17NO3S/c1-3-5-6-15-11(16)7-9(4-2)13-12(15)10(8-19-13)14(17)18/h7-8H,3-6H2,1-2H3,(H,17,18). The zero-order chi connectivity index (χ0) is 14.0. The van der Waals surface area contributed by atoms with Crippen molar-refractivity contribution in [1.82, 2.24) is 4.57 Å². The quantitative estimate of drug-likeness (QED) is 0.914. The van der Waals surface area contributed by atoms with Gasteiger partial charge in [0.2, 0.25) is 0 Å². The fraction of sp³-hybridized carbons (Fsp3) is 0.429. The van der Waals surface area contributed by atoms with E-state index in [0.717, 1.165) is 29.5 Å². The number of pyridine rings is 1. The molecule has 0 amide bonds. The molecule has 5 heteroatoms. The Hall–Kier alpha value is -1.62. The van der Waals surface area contributed by atoms with Crippen LogP contribution in [0.5, 0.6) is 0 Å².